The molecule has 0 heterocycles. The Balaban J connectivity index is 2.38. The van der Waals surface area contributed by atoms with Gasteiger partial charge in [0.2, 0.25) is 0 Å². The molecule has 1 rings (SSSR count). The molecule has 0 aliphatic carbocycles. The molecule has 0 aliphatic rings. The number of ether oxygens (including phenoxy) is 1. The molecule has 5 nitrogen and oxygen atoms in total. The Morgan fingerprint density at radius 2 is 1.90 bits per heavy atom. The highest BCUT2D eigenvalue weighted by molar-refractivity contribution is 5.95. The molecule has 1 aromatic rings. The zero-order chi connectivity index (χ0) is 15.0. The summed E-state index contributed by atoms with van der Waals surface area (Å²) >= 11 is 0. The van der Waals surface area contributed by atoms with Gasteiger partial charge in [-0.15, -0.1) is 0 Å². The standard InChI is InChI=1S/C15H20O5/c1-11(12-5-3-2-4-6-12)20-15(19)10-14(18)9-13(17)7-8-16/h2-6,11,13,16-17H,7-10H2,1H3/t11-,13+/m0/s1. The van der Waals surface area contributed by atoms with E-state index in [1.165, 1.54) is 0 Å². The van der Waals surface area contributed by atoms with E-state index in [9.17, 15) is 14.7 Å². The SMILES string of the molecule is C[C@H](OC(=O)CC(=O)C[C@H](O)CCO)c1ccccc1. The lowest BCUT2D eigenvalue weighted by atomic mass is 10.1. The molecule has 0 spiro atoms. The molecule has 1 aromatic carbocycles. The highest BCUT2D eigenvalue weighted by Crippen LogP contribution is 2.16. The van der Waals surface area contributed by atoms with Gasteiger partial charge in [0.05, 0.1) is 6.10 Å². The lowest BCUT2D eigenvalue weighted by molar-refractivity contribution is -0.150. The molecule has 2 N–H and O–H groups in total. The third-order valence-corrected chi connectivity index (χ3v) is 2.84. The predicted octanol–water partition coefficient (Wildman–Crippen LogP) is 1.38. The molecule has 0 radical (unpaired) electrons. The minimum Gasteiger partial charge on any atom is -0.457 e. The van der Waals surface area contributed by atoms with Crippen LogP contribution in [-0.4, -0.2) is 34.7 Å². The van der Waals surface area contributed by atoms with Crippen LogP contribution in [0, 0.1) is 0 Å². The lowest BCUT2D eigenvalue weighted by Crippen LogP contribution is -2.19. The summed E-state index contributed by atoms with van der Waals surface area (Å²) in [4.78, 5) is 23.1. The van der Waals surface area contributed by atoms with Gasteiger partial charge < -0.3 is 14.9 Å². The van der Waals surface area contributed by atoms with Crippen molar-refractivity contribution in [2.24, 2.45) is 0 Å². The van der Waals surface area contributed by atoms with E-state index in [1.54, 1.807) is 6.92 Å². The average molecular weight is 280 g/mol. The van der Waals surface area contributed by atoms with Crippen molar-refractivity contribution in [1.29, 1.82) is 0 Å². The number of aliphatic hydroxyl groups is 2. The second-order valence-electron chi connectivity index (χ2n) is 4.63. The maximum absolute atomic E-state index is 11.6. The summed E-state index contributed by atoms with van der Waals surface area (Å²) in [5, 5.41) is 18.0. The van der Waals surface area contributed by atoms with E-state index in [0.717, 1.165) is 5.56 Å². The third kappa shape index (κ3) is 5.95. The minimum absolute atomic E-state index is 0.126. The van der Waals surface area contributed by atoms with E-state index >= 15 is 0 Å². The average Bonchev–Trinajstić information content (AvgIpc) is 2.39. The van der Waals surface area contributed by atoms with Gasteiger partial charge in [-0.05, 0) is 18.9 Å². The number of ketones is 1. The van der Waals surface area contributed by atoms with Gasteiger partial charge in [-0.2, -0.15) is 0 Å². The third-order valence-electron chi connectivity index (χ3n) is 2.84. The number of aliphatic hydroxyl groups excluding tert-OH is 2. The second kappa shape index (κ2) is 8.45. The molecule has 0 bridgehead atoms. The van der Waals surface area contributed by atoms with E-state index < -0.39 is 24.0 Å². The fraction of sp³-hybridized carbons (Fsp3) is 0.467. The first-order valence-electron chi connectivity index (χ1n) is 6.58. The largest absolute Gasteiger partial charge is 0.457 e. The molecule has 110 valence electrons. The summed E-state index contributed by atoms with van der Waals surface area (Å²) in [5.74, 6) is -1.00. The van der Waals surface area contributed by atoms with Gasteiger partial charge in [0.15, 0.2) is 0 Å². The van der Waals surface area contributed by atoms with Gasteiger partial charge in [0.1, 0.15) is 18.3 Å². The van der Waals surface area contributed by atoms with Crippen LogP contribution in [0.25, 0.3) is 0 Å². The first-order valence-corrected chi connectivity index (χ1v) is 6.58. The molecule has 0 saturated heterocycles. The lowest BCUT2D eigenvalue weighted by Gasteiger charge is -2.13. The van der Waals surface area contributed by atoms with Crippen LogP contribution in [0.5, 0.6) is 0 Å². The van der Waals surface area contributed by atoms with Gasteiger partial charge in [-0.25, -0.2) is 0 Å². The molecule has 0 amide bonds. The monoisotopic (exact) mass is 280 g/mol. The Morgan fingerprint density at radius 1 is 1.25 bits per heavy atom. The Morgan fingerprint density at radius 3 is 2.50 bits per heavy atom. The molecule has 0 aliphatic heterocycles. The van der Waals surface area contributed by atoms with Gasteiger partial charge in [0, 0.05) is 13.0 Å². The predicted molar refractivity (Wildman–Crippen MR) is 72.9 cm³/mol. The zero-order valence-corrected chi connectivity index (χ0v) is 11.5. The zero-order valence-electron chi connectivity index (χ0n) is 11.5. The molecule has 0 unspecified atom stereocenters. The Kier molecular flexibility index (Phi) is 6.90. The van der Waals surface area contributed by atoms with Crippen molar-refractivity contribution >= 4 is 11.8 Å². The van der Waals surface area contributed by atoms with Crippen molar-refractivity contribution in [1.82, 2.24) is 0 Å². The van der Waals surface area contributed by atoms with Crippen LogP contribution in [0.3, 0.4) is 0 Å². The van der Waals surface area contributed by atoms with Crippen LogP contribution in [-0.2, 0) is 14.3 Å². The molecule has 0 aromatic heterocycles. The number of Topliss-reactive ketones (excluding diaryl/α,β-unsaturated/α-hetero) is 1. The van der Waals surface area contributed by atoms with Crippen LogP contribution in [0.2, 0.25) is 0 Å². The first-order chi connectivity index (χ1) is 9.52. The van der Waals surface area contributed by atoms with Gasteiger partial charge in [-0.3, -0.25) is 9.59 Å². The van der Waals surface area contributed by atoms with Crippen LogP contribution in [0.1, 0.15) is 37.9 Å². The van der Waals surface area contributed by atoms with E-state index in [1.807, 2.05) is 30.3 Å². The normalized spacial score (nSPS) is 13.6. The van der Waals surface area contributed by atoms with E-state index in [0.29, 0.717) is 0 Å². The first kappa shape index (κ1) is 16.3. The topological polar surface area (TPSA) is 83.8 Å². The summed E-state index contributed by atoms with van der Waals surface area (Å²) < 4.78 is 5.16. The Hall–Kier alpha value is -1.72. The van der Waals surface area contributed by atoms with Gasteiger partial charge >= 0.3 is 5.97 Å². The summed E-state index contributed by atoms with van der Waals surface area (Å²) in [6.45, 7) is 1.54. The van der Waals surface area contributed by atoms with Crippen molar-refractivity contribution in [3.05, 3.63) is 35.9 Å². The highest BCUT2D eigenvalue weighted by atomic mass is 16.5. The van der Waals surface area contributed by atoms with Crippen molar-refractivity contribution in [2.75, 3.05) is 6.61 Å². The van der Waals surface area contributed by atoms with Crippen molar-refractivity contribution in [3.8, 4) is 0 Å². The number of hydrogen-bond acceptors (Lipinski definition) is 5. The minimum atomic E-state index is -0.910. The van der Waals surface area contributed by atoms with Crippen molar-refractivity contribution < 1.29 is 24.5 Å². The molecule has 2 atom stereocenters. The van der Waals surface area contributed by atoms with E-state index in [2.05, 4.69) is 0 Å². The van der Waals surface area contributed by atoms with Gasteiger partial charge in [-0.1, -0.05) is 30.3 Å². The second-order valence-corrected chi connectivity index (χ2v) is 4.63. The van der Waals surface area contributed by atoms with E-state index in [-0.39, 0.29) is 25.9 Å². The number of hydrogen-bond donors (Lipinski definition) is 2. The van der Waals surface area contributed by atoms with Crippen molar-refractivity contribution in [2.45, 2.75) is 38.4 Å². The van der Waals surface area contributed by atoms with Gasteiger partial charge in [0.25, 0.3) is 0 Å². The van der Waals surface area contributed by atoms with Crippen LogP contribution in [0.15, 0.2) is 30.3 Å². The summed E-state index contributed by atoms with van der Waals surface area (Å²) in [6.07, 6.45) is -1.71. The number of benzene rings is 1. The van der Waals surface area contributed by atoms with Crippen LogP contribution < -0.4 is 0 Å². The number of carbonyl (C=O) groups is 2. The van der Waals surface area contributed by atoms with Crippen LogP contribution in [0.4, 0.5) is 0 Å². The number of rotatable bonds is 8. The van der Waals surface area contributed by atoms with Crippen molar-refractivity contribution in [3.63, 3.8) is 0 Å². The molecular formula is C15H20O5. The maximum Gasteiger partial charge on any atom is 0.313 e. The van der Waals surface area contributed by atoms with Crippen LogP contribution >= 0.6 is 0 Å². The summed E-state index contributed by atoms with van der Waals surface area (Å²) in [5.41, 5.74) is 0.855. The van der Waals surface area contributed by atoms with E-state index in [4.69, 9.17) is 9.84 Å². The Bertz CT molecular complexity index is 429. The molecule has 0 fully saturated rings. The molecule has 5 heteroatoms. The summed E-state index contributed by atoms with van der Waals surface area (Å²) in [6, 6.07) is 9.23. The summed E-state index contributed by atoms with van der Waals surface area (Å²) in [7, 11) is 0. The number of carbonyl (C=O) groups excluding carboxylic acids is 2. The quantitative estimate of drug-likeness (QED) is 0.555. The fourth-order valence-corrected chi connectivity index (χ4v) is 1.78. The number of esters is 1. The highest BCUT2D eigenvalue weighted by Gasteiger charge is 2.17. The molecule has 0 saturated carbocycles. The fourth-order valence-electron chi connectivity index (χ4n) is 1.78. The molecular weight excluding hydrogens is 260 g/mol. The Labute approximate surface area is 118 Å². The smallest absolute Gasteiger partial charge is 0.313 e. The maximum atomic E-state index is 11.6. The molecule has 20 heavy (non-hydrogen) atoms.